The van der Waals surface area contributed by atoms with Crippen molar-refractivity contribution in [3.8, 4) is 55.6 Å². The Morgan fingerprint density at radius 2 is 0.719 bits per heavy atom. The molecule has 0 fully saturated rings. The molecule has 11 aromatic carbocycles. The molecule has 1 aromatic heterocycles. The molecule has 2 heteroatoms. The fourth-order valence-electron chi connectivity index (χ4n) is 9.50. The lowest BCUT2D eigenvalue weighted by Gasteiger charge is -2.28. The average Bonchev–Trinajstić information content (AvgIpc) is 3.75. The fraction of sp³-hybridized carbons (Fsp3) is 0. The van der Waals surface area contributed by atoms with Crippen LogP contribution in [0.4, 0.5) is 17.1 Å². The minimum Gasteiger partial charge on any atom is -0.456 e. The minimum absolute atomic E-state index is 0.879. The third-order valence-electron chi connectivity index (χ3n) is 12.7. The summed E-state index contributed by atoms with van der Waals surface area (Å²) in [6.45, 7) is 0. The second-order valence-electron chi connectivity index (χ2n) is 16.5. The monoisotopic (exact) mass is 815 g/mol. The molecule has 0 amide bonds. The number of hydrogen-bond acceptors (Lipinski definition) is 2. The molecule has 0 saturated carbocycles. The molecule has 0 aliphatic heterocycles. The van der Waals surface area contributed by atoms with E-state index in [1.54, 1.807) is 0 Å². The lowest BCUT2D eigenvalue weighted by atomic mass is 9.95. The lowest BCUT2D eigenvalue weighted by Crippen LogP contribution is -2.11. The molecular formula is C62H41NO. The summed E-state index contributed by atoms with van der Waals surface area (Å²) in [6, 6.07) is 89.7. The van der Waals surface area contributed by atoms with Crippen molar-refractivity contribution in [1.29, 1.82) is 0 Å². The van der Waals surface area contributed by atoms with E-state index in [1.165, 1.54) is 49.4 Å². The summed E-state index contributed by atoms with van der Waals surface area (Å²) < 4.78 is 6.40. The average molecular weight is 816 g/mol. The Balaban J connectivity index is 0.937. The zero-order chi connectivity index (χ0) is 42.4. The maximum atomic E-state index is 6.40. The topological polar surface area (TPSA) is 16.4 Å². The van der Waals surface area contributed by atoms with Crippen molar-refractivity contribution < 1.29 is 4.42 Å². The Morgan fingerprint density at radius 1 is 0.250 bits per heavy atom. The molecule has 0 N–H and O–H groups in total. The highest BCUT2D eigenvalue weighted by Gasteiger charge is 2.19. The van der Waals surface area contributed by atoms with Crippen molar-refractivity contribution in [2.75, 3.05) is 4.90 Å². The van der Waals surface area contributed by atoms with Crippen LogP contribution in [0.3, 0.4) is 0 Å². The molecule has 0 aliphatic rings. The Hall–Kier alpha value is -8.46. The highest BCUT2D eigenvalue weighted by molar-refractivity contribution is 6.06. The predicted molar refractivity (Wildman–Crippen MR) is 271 cm³/mol. The molecule has 0 atom stereocenters. The van der Waals surface area contributed by atoms with Crippen molar-refractivity contribution in [1.82, 2.24) is 0 Å². The van der Waals surface area contributed by atoms with Gasteiger partial charge in [0.25, 0.3) is 0 Å². The lowest BCUT2D eigenvalue weighted by molar-refractivity contribution is 0.669. The first kappa shape index (κ1) is 37.3. The molecule has 0 bridgehead atoms. The Morgan fingerprint density at radius 3 is 1.39 bits per heavy atom. The van der Waals surface area contributed by atoms with Crippen molar-refractivity contribution in [2.24, 2.45) is 0 Å². The maximum Gasteiger partial charge on any atom is 0.136 e. The molecule has 0 radical (unpaired) electrons. The van der Waals surface area contributed by atoms with E-state index in [1.807, 2.05) is 12.1 Å². The third-order valence-corrected chi connectivity index (χ3v) is 12.7. The standard InChI is InChI=1S/C62H41NO/c1-3-18-53-45(12-1)14-10-22-55(53)47-30-26-42(27-31-47)43-34-37-51(38-35-43)63(60-24-7-5-20-57(60)50-36-39-59-58-21-6-8-25-61(58)64-62(59)41-50)52-17-9-16-49(40-52)44-28-32-48(33-29-44)56-23-11-15-46-13-2-4-19-54(46)56/h1-41H. The van der Waals surface area contributed by atoms with Crippen LogP contribution in [-0.4, -0.2) is 0 Å². The highest BCUT2D eigenvalue weighted by atomic mass is 16.3. The number of furan rings is 1. The smallest absolute Gasteiger partial charge is 0.136 e. The third kappa shape index (κ3) is 6.70. The van der Waals surface area contributed by atoms with Gasteiger partial charge < -0.3 is 9.32 Å². The van der Waals surface area contributed by atoms with Gasteiger partial charge in [-0.05, 0) is 120 Å². The first-order valence-electron chi connectivity index (χ1n) is 21.9. The zero-order valence-corrected chi connectivity index (χ0v) is 35.0. The van der Waals surface area contributed by atoms with Crippen molar-refractivity contribution in [3.63, 3.8) is 0 Å². The maximum absolute atomic E-state index is 6.40. The molecule has 12 rings (SSSR count). The Labute approximate surface area is 372 Å². The van der Waals surface area contributed by atoms with E-state index in [0.717, 1.165) is 66.8 Å². The summed E-state index contributed by atoms with van der Waals surface area (Å²) in [5.41, 5.74) is 16.8. The van der Waals surface area contributed by atoms with Crippen LogP contribution < -0.4 is 4.90 Å². The van der Waals surface area contributed by atoms with Gasteiger partial charge in [-0.15, -0.1) is 0 Å². The normalized spacial score (nSPS) is 11.4. The zero-order valence-electron chi connectivity index (χ0n) is 35.0. The van der Waals surface area contributed by atoms with E-state index in [2.05, 4.69) is 241 Å². The van der Waals surface area contributed by atoms with Gasteiger partial charge in [-0.25, -0.2) is 0 Å². The molecule has 1 heterocycles. The molecule has 300 valence electrons. The first-order valence-corrected chi connectivity index (χ1v) is 21.9. The second-order valence-corrected chi connectivity index (χ2v) is 16.5. The molecule has 12 aromatic rings. The van der Waals surface area contributed by atoms with E-state index in [-0.39, 0.29) is 0 Å². The molecule has 0 spiro atoms. The summed E-state index contributed by atoms with van der Waals surface area (Å²) in [5.74, 6) is 0. The van der Waals surface area contributed by atoms with E-state index in [0.29, 0.717) is 0 Å². The summed E-state index contributed by atoms with van der Waals surface area (Å²) in [4.78, 5) is 2.39. The minimum atomic E-state index is 0.879. The molecule has 0 unspecified atom stereocenters. The Bertz CT molecular complexity index is 3640. The summed E-state index contributed by atoms with van der Waals surface area (Å²) in [7, 11) is 0. The van der Waals surface area contributed by atoms with Crippen LogP contribution in [0.5, 0.6) is 0 Å². The number of para-hydroxylation sites is 2. The summed E-state index contributed by atoms with van der Waals surface area (Å²) in [6.07, 6.45) is 0. The predicted octanol–water partition coefficient (Wildman–Crippen LogP) is 17.7. The van der Waals surface area contributed by atoms with Gasteiger partial charge in [0.05, 0.1) is 5.69 Å². The summed E-state index contributed by atoms with van der Waals surface area (Å²) in [5, 5.41) is 7.27. The number of rotatable bonds is 8. The van der Waals surface area contributed by atoms with Crippen LogP contribution in [0.1, 0.15) is 0 Å². The second kappa shape index (κ2) is 15.8. The van der Waals surface area contributed by atoms with Crippen LogP contribution in [0.25, 0.3) is 99.1 Å². The van der Waals surface area contributed by atoms with Crippen molar-refractivity contribution >= 4 is 60.5 Å². The van der Waals surface area contributed by atoms with Gasteiger partial charge in [0.15, 0.2) is 0 Å². The van der Waals surface area contributed by atoms with Crippen LogP contribution in [0.2, 0.25) is 0 Å². The first-order chi connectivity index (χ1) is 31.7. The van der Waals surface area contributed by atoms with Crippen molar-refractivity contribution in [2.45, 2.75) is 0 Å². The van der Waals surface area contributed by atoms with Gasteiger partial charge in [0.2, 0.25) is 0 Å². The molecular weight excluding hydrogens is 775 g/mol. The Kier molecular flexibility index (Phi) is 9.20. The molecule has 0 aliphatic carbocycles. The van der Waals surface area contributed by atoms with E-state index >= 15 is 0 Å². The van der Waals surface area contributed by atoms with Crippen LogP contribution in [-0.2, 0) is 0 Å². The molecule has 64 heavy (non-hydrogen) atoms. The van der Waals surface area contributed by atoms with Gasteiger partial charge in [-0.2, -0.15) is 0 Å². The summed E-state index contributed by atoms with van der Waals surface area (Å²) >= 11 is 0. The largest absolute Gasteiger partial charge is 0.456 e. The highest BCUT2D eigenvalue weighted by Crippen LogP contribution is 2.44. The van der Waals surface area contributed by atoms with E-state index in [4.69, 9.17) is 4.42 Å². The van der Waals surface area contributed by atoms with E-state index in [9.17, 15) is 0 Å². The van der Waals surface area contributed by atoms with Crippen LogP contribution in [0.15, 0.2) is 253 Å². The number of fused-ring (bicyclic) bond motifs is 5. The van der Waals surface area contributed by atoms with Gasteiger partial charge in [-0.1, -0.05) is 200 Å². The SMILES string of the molecule is c1cc(-c2ccc(-c3cccc4ccccc34)cc2)cc(N(c2ccc(-c3ccc(-c4cccc5ccccc45)cc3)cc2)c2ccccc2-c2ccc3c(c2)oc2ccccc23)c1. The molecule has 0 saturated heterocycles. The van der Waals surface area contributed by atoms with Crippen LogP contribution in [0, 0.1) is 0 Å². The fourth-order valence-corrected chi connectivity index (χ4v) is 9.50. The van der Waals surface area contributed by atoms with Crippen molar-refractivity contribution in [3.05, 3.63) is 249 Å². The van der Waals surface area contributed by atoms with E-state index < -0.39 is 0 Å². The molecule has 2 nitrogen and oxygen atoms in total. The number of hydrogen-bond donors (Lipinski definition) is 0. The van der Waals surface area contributed by atoms with Gasteiger partial charge >= 0.3 is 0 Å². The van der Waals surface area contributed by atoms with Gasteiger partial charge in [-0.3, -0.25) is 0 Å². The number of anilines is 3. The van der Waals surface area contributed by atoms with Crippen LogP contribution >= 0.6 is 0 Å². The number of nitrogens with zero attached hydrogens (tertiary/aromatic N) is 1. The van der Waals surface area contributed by atoms with Gasteiger partial charge in [0, 0.05) is 27.7 Å². The van der Waals surface area contributed by atoms with Gasteiger partial charge in [0.1, 0.15) is 11.2 Å². The number of benzene rings is 11. The quantitative estimate of drug-likeness (QED) is 0.152.